The highest BCUT2D eigenvalue weighted by molar-refractivity contribution is 7.15. The summed E-state index contributed by atoms with van der Waals surface area (Å²) in [6, 6.07) is 0. The Balaban J connectivity index is 1.49. The van der Waals surface area contributed by atoms with Crippen LogP contribution in [0.5, 0.6) is 0 Å². The van der Waals surface area contributed by atoms with Crippen LogP contribution in [0.15, 0.2) is 5.38 Å². The largest absolute Gasteiger partial charge is 0.355 e. The van der Waals surface area contributed by atoms with Crippen molar-refractivity contribution >= 4 is 39.6 Å². The van der Waals surface area contributed by atoms with Gasteiger partial charge in [-0.1, -0.05) is 32.1 Å². The van der Waals surface area contributed by atoms with Crippen molar-refractivity contribution in [3.63, 3.8) is 0 Å². The Labute approximate surface area is 160 Å². The molecule has 0 radical (unpaired) electrons. The Hall–Kier alpha value is -1.87. The molecule has 1 fully saturated rings. The van der Waals surface area contributed by atoms with Crippen molar-refractivity contribution in [1.29, 1.82) is 0 Å². The van der Waals surface area contributed by atoms with Crippen molar-refractivity contribution in [2.75, 3.05) is 18.0 Å². The number of hydrogen-bond donors (Lipinski definition) is 1. The number of aromatic nitrogens is 3. The number of amides is 2. The molecule has 9 heteroatoms. The number of carbonyl (C=O) groups excluding carboxylic acids is 2. The van der Waals surface area contributed by atoms with Crippen molar-refractivity contribution in [2.24, 2.45) is 5.92 Å². The van der Waals surface area contributed by atoms with Gasteiger partial charge in [-0.3, -0.25) is 14.5 Å². The molecule has 0 aliphatic carbocycles. The number of rotatable bonds is 7. The molecule has 1 aliphatic rings. The van der Waals surface area contributed by atoms with Gasteiger partial charge in [0.2, 0.25) is 16.9 Å². The van der Waals surface area contributed by atoms with E-state index in [4.69, 9.17) is 0 Å². The van der Waals surface area contributed by atoms with Gasteiger partial charge < -0.3 is 5.32 Å². The summed E-state index contributed by atoms with van der Waals surface area (Å²) in [6.45, 7) is 7.14. The summed E-state index contributed by atoms with van der Waals surface area (Å²) in [7, 11) is 0. The predicted molar refractivity (Wildman–Crippen MR) is 103 cm³/mol. The zero-order valence-electron chi connectivity index (χ0n) is 15.2. The number of hydrogen-bond acceptors (Lipinski definition) is 7. The first-order valence-corrected chi connectivity index (χ1v) is 10.5. The van der Waals surface area contributed by atoms with E-state index in [0.29, 0.717) is 30.6 Å². The fraction of sp³-hybridized carbons (Fsp3) is 0.588. The third-order valence-electron chi connectivity index (χ3n) is 4.28. The van der Waals surface area contributed by atoms with Gasteiger partial charge in [-0.15, -0.1) is 21.5 Å². The van der Waals surface area contributed by atoms with Crippen LogP contribution in [0.1, 0.15) is 48.8 Å². The number of anilines is 1. The molecule has 3 rings (SSSR count). The van der Waals surface area contributed by atoms with Gasteiger partial charge in [0.1, 0.15) is 5.01 Å². The first-order chi connectivity index (χ1) is 12.5. The minimum atomic E-state index is -0.334. The summed E-state index contributed by atoms with van der Waals surface area (Å²) in [4.78, 5) is 30.8. The van der Waals surface area contributed by atoms with E-state index in [1.807, 2.05) is 6.92 Å². The van der Waals surface area contributed by atoms with Gasteiger partial charge in [0, 0.05) is 31.3 Å². The van der Waals surface area contributed by atoms with Gasteiger partial charge in [-0.05, 0) is 12.3 Å². The lowest BCUT2D eigenvalue weighted by Crippen LogP contribution is -2.34. The van der Waals surface area contributed by atoms with Crippen LogP contribution in [0.25, 0.3) is 0 Å². The Morgan fingerprint density at radius 2 is 2.19 bits per heavy atom. The zero-order valence-corrected chi connectivity index (χ0v) is 16.8. The second-order valence-corrected chi connectivity index (χ2v) is 8.58. The van der Waals surface area contributed by atoms with Crippen molar-refractivity contribution in [2.45, 2.75) is 46.0 Å². The second-order valence-electron chi connectivity index (χ2n) is 6.60. The molecular weight excluding hydrogens is 370 g/mol. The highest BCUT2D eigenvalue weighted by Gasteiger charge is 2.36. The van der Waals surface area contributed by atoms with Crippen molar-refractivity contribution in [3.05, 3.63) is 21.1 Å². The Morgan fingerprint density at radius 3 is 2.85 bits per heavy atom. The van der Waals surface area contributed by atoms with Gasteiger partial charge >= 0.3 is 0 Å². The van der Waals surface area contributed by atoms with Crippen LogP contribution in [-0.4, -0.2) is 40.1 Å². The molecule has 0 aromatic carbocycles. The Kier molecular flexibility index (Phi) is 5.98. The fourth-order valence-electron chi connectivity index (χ4n) is 2.71. The molecule has 1 N–H and O–H groups in total. The van der Waals surface area contributed by atoms with Crippen LogP contribution < -0.4 is 10.2 Å². The minimum Gasteiger partial charge on any atom is -0.355 e. The Morgan fingerprint density at radius 1 is 1.38 bits per heavy atom. The molecule has 2 aromatic heterocycles. The first-order valence-electron chi connectivity index (χ1n) is 8.82. The number of thiazole rings is 1. The minimum absolute atomic E-state index is 0.0644. The van der Waals surface area contributed by atoms with Crippen LogP contribution >= 0.6 is 22.7 Å². The number of nitrogens with zero attached hydrogens (tertiary/aromatic N) is 4. The van der Waals surface area contributed by atoms with Crippen molar-refractivity contribution in [1.82, 2.24) is 20.5 Å². The molecule has 1 atom stereocenters. The quantitative estimate of drug-likeness (QED) is 0.780. The molecule has 2 amide bonds. The molecule has 3 heterocycles. The highest BCUT2D eigenvalue weighted by atomic mass is 32.1. The Bertz CT molecular complexity index is 786. The SMILES string of the molecule is CCc1nnc(N2CC(C(=O)NCCc3nc(C(C)C)cs3)CC2=O)s1. The average Bonchev–Trinajstić information content (AvgIpc) is 3.33. The molecule has 2 aromatic rings. The highest BCUT2D eigenvalue weighted by Crippen LogP contribution is 2.28. The number of nitrogens with one attached hydrogen (secondary N) is 1. The molecule has 0 saturated carbocycles. The van der Waals surface area contributed by atoms with Gasteiger partial charge in [0.05, 0.1) is 16.6 Å². The summed E-state index contributed by atoms with van der Waals surface area (Å²) in [5, 5.41) is 15.6. The summed E-state index contributed by atoms with van der Waals surface area (Å²) < 4.78 is 0. The molecule has 26 heavy (non-hydrogen) atoms. The molecular formula is C17H23N5O2S2. The smallest absolute Gasteiger partial charge is 0.229 e. The van der Waals surface area contributed by atoms with E-state index in [1.165, 1.54) is 11.3 Å². The zero-order chi connectivity index (χ0) is 18.7. The summed E-state index contributed by atoms with van der Waals surface area (Å²) in [6.07, 6.45) is 1.73. The maximum Gasteiger partial charge on any atom is 0.229 e. The molecule has 7 nitrogen and oxygen atoms in total. The van der Waals surface area contributed by atoms with E-state index < -0.39 is 0 Å². The van der Waals surface area contributed by atoms with E-state index in [-0.39, 0.29) is 24.2 Å². The van der Waals surface area contributed by atoms with E-state index in [2.05, 4.69) is 39.7 Å². The lowest BCUT2D eigenvalue weighted by Gasteiger charge is -2.12. The molecule has 140 valence electrons. The van der Waals surface area contributed by atoms with Crippen molar-refractivity contribution in [3.8, 4) is 0 Å². The monoisotopic (exact) mass is 393 g/mol. The molecule has 0 bridgehead atoms. The predicted octanol–water partition coefficient (Wildman–Crippen LogP) is 2.39. The standard InChI is InChI=1S/C17H23N5O2S2/c1-4-13-20-21-17(26-13)22-8-11(7-15(22)23)16(24)18-6-5-14-19-12(9-25-14)10(2)3/h9-11H,4-8H2,1-3H3,(H,18,24). The normalized spacial score (nSPS) is 17.3. The molecule has 0 spiro atoms. The van der Waals surface area contributed by atoms with Crippen LogP contribution in [0.2, 0.25) is 0 Å². The fourth-order valence-corrected chi connectivity index (χ4v) is 4.47. The number of aryl methyl sites for hydroxylation is 1. The maximum atomic E-state index is 12.4. The van der Waals surface area contributed by atoms with Gasteiger partial charge in [0.25, 0.3) is 0 Å². The first kappa shape index (κ1) is 18.9. The lowest BCUT2D eigenvalue weighted by molar-refractivity contribution is -0.126. The van der Waals surface area contributed by atoms with E-state index in [9.17, 15) is 9.59 Å². The lowest BCUT2D eigenvalue weighted by atomic mass is 10.1. The second kappa shape index (κ2) is 8.22. The third kappa shape index (κ3) is 4.27. The van der Waals surface area contributed by atoms with Crippen LogP contribution in [0, 0.1) is 5.92 Å². The van der Waals surface area contributed by atoms with E-state index >= 15 is 0 Å². The van der Waals surface area contributed by atoms with Crippen LogP contribution in [0.3, 0.4) is 0 Å². The maximum absolute atomic E-state index is 12.4. The van der Waals surface area contributed by atoms with E-state index in [1.54, 1.807) is 16.2 Å². The third-order valence-corrected chi connectivity index (χ3v) is 6.30. The van der Waals surface area contributed by atoms with E-state index in [0.717, 1.165) is 22.1 Å². The van der Waals surface area contributed by atoms with Gasteiger partial charge in [-0.2, -0.15) is 0 Å². The molecule has 1 aliphatic heterocycles. The van der Waals surface area contributed by atoms with Gasteiger partial charge in [-0.25, -0.2) is 4.98 Å². The van der Waals surface area contributed by atoms with Crippen molar-refractivity contribution < 1.29 is 9.59 Å². The molecule has 1 saturated heterocycles. The van der Waals surface area contributed by atoms with Crippen LogP contribution in [0.4, 0.5) is 5.13 Å². The average molecular weight is 394 g/mol. The summed E-state index contributed by atoms with van der Waals surface area (Å²) in [5.41, 5.74) is 1.09. The summed E-state index contributed by atoms with van der Waals surface area (Å²) >= 11 is 3.04. The topological polar surface area (TPSA) is 88.1 Å². The van der Waals surface area contributed by atoms with Gasteiger partial charge in [0.15, 0.2) is 0 Å². The van der Waals surface area contributed by atoms with Crippen LogP contribution in [-0.2, 0) is 22.4 Å². The molecule has 1 unspecified atom stereocenters. The number of carbonyl (C=O) groups is 2. The summed E-state index contributed by atoms with van der Waals surface area (Å²) in [5.74, 6) is -0.0650.